The third-order valence-corrected chi connectivity index (χ3v) is 3.66. The Labute approximate surface area is 116 Å². The van der Waals surface area contributed by atoms with E-state index in [1.807, 2.05) is 6.92 Å². The van der Waals surface area contributed by atoms with E-state index in [9.17, 15) is 4.79 Å². The Morgan fingerprint density at radius 3 is 2.67 bits per heavy atom. The van der Waals surface area contributed by atoms with Crippen molar-refractivity contribution in [2.75, 3.05) is 43.0 Å². The number of nitrogens with zero attached hydrogens (tertiary/aromatic N) is 4. The zero-order valence-corrected chi connectivity index (χ0v) is 12.3. The molecule has 0 unspecified atom stereocenters. The fraction of sp³-hybridized carbons (Fsp3) is 0.667. The predicted molar refractivity (Wildman–Crippen MR) is 76.6 cm³/mol. The first-order chi connectivity index (χ1) is 8.76. The van der Waals surface area contributed by atoms with Crippen LogP contribution < -0.4 is 10.5 Å². The van der Waals surface area contributed by atoms with E-state index < -0.39 is 0 Å². The highest BCUT2D eigenvalue weighted by Crippen LogP contribution is 2.08. The van der Waals surface area contributed by atoms with Gasteiger partial charge in [-0.3, -0.25) is 9.69 Å². The van der Waals surface area contributed by atoms with Crippen molar-refractivity contribution in [2.45, 2.75) is 13.5 Å². The highest BCUT2D eigenvalue weighted by atomic mass is 79.9. The van der Waals surface area contributed by atoms with Crippen molar-refractivity contribution in [3.8, 4) is 0 Å². The summed E-state index contributed by atoms with van der Waals surface area (Å²) in [4.78, 5) is 20.9. The first-order valence-electron chi connectivity index (χ1n) is 6.35. The number of aromatic nitrogens is 2. The molecule has 1 fully saturated rings. The molecular formula is C12H19BrN4O. The molecule has 0 atom stereocenters. The van der Waals surface area contributed by atoms with Gasteiger partial charge in [-0.1, -0.05) is 15.9 Å². The number of halogens is 1. The van der Waals surface area contributed by atoms with Crippen LogP contribution in [0, 0.1) is 0 Å². The summed E-state index contributed by atoms with van der Waals surface area (Å²) < 4.78 is 1.70. The van der Waals surface area contributed by atoms with Crippen LogP contribution in [0.4, 0.5) is 5.82 Å². The summed E-state index contributed by atoms with van der Waals surface area (Å²) in [6.07, 6.45) is 3.46. The molecule has 100 valence electrons. The highest BCUT2D eigenvalue weighted by Gasteiger charge is 2.19. The van der Waals surface area contributed by atoms with Crippen LogP contribution in [-0.4, -0.2) is 52.5 Å². The molecule has 1 aliphatic rings. The van der Waals surface area contributed by atoms with Crippen molar-refractivity contribution in [1.82, 2.24) is 14.5 Å². The fourth-order valence-electron chi connectivity index (χ4n) is 2.20. The second kappa shape index (κ2) is 6.33. The van der Waals surface area contributed by atoms with Crippen molar-refractivity contribution < 1.29 is 0 Å². The van der Waals surface area contributed by atoms with Crippen LogP contribution in [0.2, 0.25) is 0 Å². The Kier molecular flexibility index (Phi) is 4.77. The van der Waals surface area contributed by atoms with Crippen molar-refractivity contribution in [1.29, 1.82) is 0 Å². The molecule has 0 N–H and O–H groups in total. The van der Waals surface area contributed by atoms with E-state index in [-0.39, 0.29) is 5.56 Å². The molecule has 0 saturated carbocycles. The average molecular weight is 315 g/mol. The number of aryl methyl sites for hydroxylation is 1. The maximum atomic E-state index is 12.1. The van der Waals surface area contributed by atoms with Gasteiger partial charge in [0.15, 0.2) is 5.82 Å². The summed E-state index contributed by atoms with van der Waals surface area (Å²) in [5.74, 6) is 0.595. The van der Waals surface area contributed by atoms with E-state index in [2.05, 4.69) is 30.7 Å². The van der Waals surface area contributed by atoms with Gasteiger partial charge in [0.05, 0.1) is 0 Å². The molecule has 1 aliphatic heterocycles. The maximum absolute atomic E-state index is 12.1. The van der Waals surface area contributed by atoms with Gasteiger partial charge in [-0.25, -0.2) is 4.98 Å². The van der Waals surface area contributed by atoms with Gasteiger partial charge in [-0.15, -0.1) is 0 Å². The minimum absolute atomic E-state index is 0.0222. The van der Waals surface area contributed by atoms with E-state index >= 15 is 0 Å². The normalized spacial score (nSPS) is 17.1. The van der Waals surface area contributed by atoms with Crippen LogP contribution in [0.15, 0.2) is 17.2 Å². The van der Waals surface area contributed by atoms with Gasteiger partial charge >= 0.3 is 0 Å². The number of hydrogen-bond donors (Lipinski definition) is 0. The molecule has 5 nitrogen and oxygen atoms in total. The number of rotatable bonds is 4. The Morgan fingerprint density at radius 1 is 1.33 bits per heavy atom. The maximum Gasteiger partial charge on any atom is 0.293 e. The van der Waals surface area contributed by atoms with Crippen molar-refractivity contribution in [3.05, 3.63) is 22.7 Å². The summed E-state index contributed by atoms with van der Waals surface area (Å²) in [6, 6.07) is 0. The Bertz CT molecular complexity index is 440. The van der Waals surface area contributed by atoms with E-state index in [1.54, 1.807) is 17.0 Å². The molecule has 0 bridgehead atoms. The van der Waals surface area contributed by atoms with Gasteiger partial charge in [0.1, 0.15) is 0 Å². The lowest BCUT2D eigenvalue weighted by Gasteiger charge is -2.34. The molecule has 2 rings (SSSR count). The smallest absolute Gasteiger partial charge is 0.293 e. The van der Waals surface area contributed by atoms with Crippen LogP contribution in [-0.2, 0) is 6.54 Å². The largest absolute Gasteiger partial charge is 0.349 e. The molecule has 0 aromatic carbocycles. The molecule has 0 spiro atoms. The van der Waals surface area contributed by atoms with Crippen molar-refractivity contribution >= 4 is 21.7 Å². The van der Waals surface area contributed by atoms with Crippen LogP contribution >= 0.6 is 15.9 Å². The van der Waals surface area contributed by atoms with Gasteiger partial charge in [0, 0.05) is 57.0 Å². The standard InChI is InChI=1S/C12H19BrN4O/c1-2-16-6-4-14-11(12(16)18)17-9-7-15(5-3-13)8-10-17/h4,6H,2-3,5,7-10H2,1H3. The monoisotopic (exact) mass is 314 g/mol. The second-order valence-electron chi connectivity index (χ2n) is 4.36. The van der Waals surface area contributed by atoms with Gasteiger partial charge in [-0.05, 0) is 6.92 Å². The Balaban J connectivity index is 2.08. The summed E-state index contributed by atoms with van der Waals surface area (Å²) in [6.45, 7) is 7.47. The third-order valence-electron chi connectivity index (χ3n) is 3.31. The molecule has 1 aromatic heterocycles. The van der Waals surface area contributed by atoms with E-state index in [0.29, 0.717) is 12.4 Å². The first-order valence-corrected chi connectivity index (χ1v) is 7.47. The fourth-order valence-corrected chi connectivity index (χ4v) is 2.71. The van der Waals surface area contributed by atoms with Crippen LogP contribution in [0.25, 0.3) is 0 Å². The second-order valence-corrected chi connectivity index (χ2v) is 5.15. The van der Waals surface area contributed by atoms with Crippen molar-refractivity contribution in [3.63, 3.8) is 0 Å². The lowest BCUT2D eigenvalue weighted by Crippen LogP contribution is -2.49. The SMILES string of the molecule is CCn1ccnc(N2CCN(CCBr)CC2)c1=O. The van der Waals surface area contributed by atoms with Gasteiger partial charge in [-0.2, -0.15) is 0 Å². The molecule has 1 aromatic rings. The quantitative estimate of drug-likeness (QED) is 0.770. The third kappa shape index (κ3) is 2.92. The highest BCUT2D eigenvalue weighted by molar-refractivity contribution is 9.09. The summed E-state index contributed by atoms with van der Waals surface area (Å²) in [7, 11) is 0. The summed E-state index contributed by atoms with van der Waals surface area (Å²) in [5.41, 5.74) is 0.0222. The zero-order valence-electron chi connectivity index (χ0n) is 10.7. The van der Waals surface area contributed by atoms with Crippen molar-refractivity contribution in [2.24, 2.45) is 0 Å². The predicted octanol–water partition coefficient (Wildman–Crippen LogP) is 0.780. The molecule has 2 heterocycles. The lowest BCUT2D eigenvalue weighted by molar-refractivity contribution is 0.273. The summed E-state index contributed by atoms with van der Waals surface area (Å²) >= 11 is 3.45. The number of alkyl halides is 1. The molecule has 0 radical (unpaired) electrons. The zero-order chi connectivity index (χ0) is 13.0. The lowest BCUT2D eigenvalue weighted by atomic mass is 10.3. The van der Waals surface area contributed by atoms with E-state index in [1.165, 1.54) is 0 Å². The van der Waals surface area contributed by atoms with Crippen LogP contribution in [0.1, 0.15) is 6.92 Å². The minimum Gasteiger partial charge on any atom is -0.349 e. The van der Waals surface area contributed by atoms with E-state index in [4.69, 9.17) is 0 Å². The number of piperazine rings is 1. The molecule has 0 aliphatic carbocycles. The van der Waals surface area contributed by atoms with Gasteiger partial charge in [0.25, 0.3) is 5.56 Å². The van der Waals surface area contributed by atoms with Crippen LogP contribution in [0.3, 0.4) is 0 Å². The topological polar surface area (TPSA) is 41.4 Å². The molecule has 18 heavy (non-hydrogen) atoms. The Hall–Kier alpha value is -0.880. The number of hydrogen-bond acceptors (Lipinski definition) is 4. The molecule has 0 amide bonds. The van der Waals surface area contributed by atoms with Gasteiger partial charge < -0.3 is 9.47 Å². The first kappa shape index (κ1) is 13.5. The number of anilines is 1. The molecule has 1 saturated heterocycles. The Morgan fingerprint density at radius 2 is 2.06 bits per heavy atom. The van der Waals surface area contributed by atoms with E-state index in [0.717, 1.165) is 38.1 Å². The molecular weight excluding hydrogens is 296 g/mol. The average Bonchev–Trinajstić information content (AvgIpc) is 2.41. The van der Waals surface area contributed by atoms with Crippen LogP contribution in [0.5, 0.6) is 0 Å². The summed E-state index contributed by atoms with van der Waals surface area (Å²) in [5, 5.41) is 0.999. The van der Waals surface area contributed by atoms with Gasteiger partial charge in [0.2, 0.25) is 0 Å². The molecule has 6 heteroatoms. The minimum atomic E-state index is 0.0222.